The van der Waals surface area contributed by atoms with Gasteiger partial charge < -0.3 is 0 Å². The summed E-state index contributed by atoms with van der Waals surface area (Å²) in [7, 11) is 0. The van der Waals surface area contributed by atoms with Gasteiger partial charge in [-0.25, -0.2) is 0 Å². The highest BCUT2D eigenvalue weighted by Gasteiger charge is 2.36. The van der Waals surface area contributed by atoms with Crippen LogP contribution in [0.15, 0.2) is 0 Å². The van der Waals surface area contributed by atoms with E-state index >= 15 is 0 Å². The summed E-state index contributed by atoms with van der Waals surface area (Å²) in [5, 5.41) is 0. The largest absolute Gasteiger partial charge is 0.0599 e. The molecule has 0 aromatic heterocycles. The van der Waals surface area contributed by atoms with E-state index in [2.05, 4.69) is 20.8 Å². The van der Waals surface area contributed by atoms with Gasteiger partial charge in [0.1, 0.15) is 0 Å². The van der Waals surface area contributed by atoms with Gasteiger partial charge in [-0.1, -0.05) is 46.5 Å². The van der Waals surface area contributed by atoms with Crippen LogP contribution >= 0.6 is 0 Å². The molecule has 0 heterocycles. The van der Waals surface area contributed by atoms with E-state index in [9.17, 15) is 0 Å². The molecule has 0 N–H and O–H groups in total. The molecule has 82 valence electrons. The van der Waals surface area contributed by atoms with Gasteiger partial charge in [-0.3, -0.25) is 0 Å². The molecule has 0 aliphatic heterocycles. The molecule has 2 aliphatic rings. The van der Waals surface area contributed by atoms with Crippen LogP contribution < -0.4 is 0 Å². The van der Waals surface area contributed by atoms with Crippen LogP contribution in [0.2, 0.25) is 0 Å². The second-order valence-electron chi connectivity index (χ2n) is 6.68. The van der Waals surface area contributed by atoms with Crippen molar-refractivity contribution in [1.29, 1.82) is 0 Å². The molecule has 2 fully saturated rings. The van der Waals surface area contributed by atoms with Crippen molar-refractivity contribution in [2.75, 3.05) is 0 Å². The Morgan fingerprint density at radius 2 is 1.43 bits per heavy atom. The van der Waals surface area contributed by atoms with E-state index < -0.39 is 0 Å². The van der Waals surface area contributed by atoms with Crippen LogP contribution in [0.5, 0.6) is 0 Å². The van der Waals surface area contributed by atoms with Crippen molar-refractivity contribution in [2.24, 2.45) is 23.2 Å². The zero-order valence-electron chi connectivity index (χ0n) is 10.2. The highest BCUT2D eigenvalue weighted by atomic mass is 14.4. The number of rotatable bonds is 0. The van der Waals surface area contributed by atoms with E-state index in [4.69, 9.17) is 0 Å². The molecule has 2 rings (SSSR count). The maximum Gasteiger partial charge on any atom is -0.0354 e. The van der Waals surface area contributed by atoms with Crippen molar-refractivity contribution in [2.45, 2.75) is 65.7 Å². The van der Waals surface area contributed by atoms with Gasteiger partial charge in [0.25, 0.3) is 0 Å². The van der Waals surface area contributed by atoms with E-state index in [1.807, 2.05) is 0 Å². The second kappa shape index (κ2) is 3.87. The monoisotopic (exact) mass is 194 g/mol. The van der Waals surface area contributed by atoms with E-state index in [1.54, 1.807) is 6.42 Å². The summed E-state index contributed by atoms with van der Waals surface area (Å²) in [6.45, 7) is 7.29. The van der Waals surface area contributed by atoms with Crippen molar-refractivity contribution >= 4 is 0 Å². The van der Waals surface area contributed by atoms with Gasteiger partial charge in [0.2, 0.25) is 0 Å². The van der Waals surface area contributed by atoms with Crippen molar-refractivity contribution in [3.63, 3.8) is 0 Å². The van der Waals surface area contributed by atoms with Gasteiger partial charge >= 0.3 is 0 Å². The molecule has 3 unspecified atom stereocenters. The Balaban J connectivity index is 1.96. The molecule has 0 radical (unpaired) electrons. The molecule has 3 atom stereocenters. The molecule has 0 aromatic rings. The molecule has 0 spiro atoms. The fourth-order valence-corrected chi connectivity index (χ4v) is 3.66. The van der Waals surface area contributed by atoms with Crippen molar-refractivity contribution in [1.82, 2.24) is 0 Å². The highest BCUT2D eigenvalue weighted by molar-refractivity contribution is 4.87. The van der Waals surface area contributed by atoms with Crippen LogP contribution in [0.4, 0.5) is 0 Å². The summed E-state index contributed by atoms with van der Waals surface area (Å²) in [6, 6.07) is 0. The number of fused-ring (bicyclic) bond motifs is 1. The lowest BCUT2D eigenvalue weighted by Gasteiger charge is -2.44. The predicted molar refractivity (Wildman–Crippen MR) is 62.2 cm³/mol. The van der Waals surface area contributed by atoms with Gasteiger partial charge in [0.15, 0.2) is 0 Å². The smallest absolute Gasteiger partial charge is 0.0354 e. The molecule has 0 aromatic carbocycles. The van der Waals surface area contributed by atoms with Crippen LogP contribution in [0, 0.1) is 23.2 Å². The minimum Gasteiger partial charge on any atom is -0.0599 e. The molecule has 0 bridgehead atoms. The van der Waals surface area contributed by atoms with Crippen LogP contribution in [0.25, 0.3) is 0 Å². The lowest BCUT2D eigenvalue weighted by molar-refractivity contribution is 0.0720. The van der Waals surface area contributed by atoms with Crippen molar-refractivity contribution in [3.8, 4) is 0 Å². The van der Waals surface area contributed by atoms with E-state index in [-0.39, 0.29) is 0 Å². The lowest BCUT2D eigenvalue weighted by Crippen LogP contribution is -2.33. The molecular formula is C14H26. The fraction of sp³-hybridized carbons (Fsp3) is 1.00. The molecule has 2 aliphatic carbocycles. The highest BCUT2D eigenvalue weighted by Crippen LogP contribution is 2.47. The first-order valence-corrected chi connectivity index (χ1v) is 6.57. The van der Waals surface area contributed by atoms with E-state index in [0.717, 1.165) is 17.8 Å². The minimum absolute atomic E-state index is 0.558. The van der Waals surface area contributed by atoms with Crippen molar-refractivity contribution in [3.05, 3.63) is 0 Å². The molecule has 0 amide bonds. The normalized spacial score (nSPS) is 39.2. The Morgan fingerprint density at radius 1 is 0.786 bits per heavy atom. The van der Waals surface area contributed by atoms with Gasteiger partial charge in [-0.2, -0.15) is 0 Å². The first-order valence-electron chi connectivity index (χ1n) is 6.57. The van der Waals surface area contributed by atoms with Gasteiger partial charge in [-0.15, -0.1) is 0 Å². The molecule has 14 heavy (non-hydrogen) atoms. The third-order valence-corrected chi connectivity index (χ3v) is 4.76. The van der Waals surface area contributed by atoms with Gasteiger partial charge in [0, 0.05) is 0 Å². The fourth-order valence-electron chi connectivity index (χ4n) is 3.66. The molecule has 0 nitrogen and oxygen atoms in total. The first-order chi connectivity index (χ1) is 6.57. The Kier molecular flexibility index (Phi) is 2.91. The summed E-state index contributed by atoms with van der Waals surface area (Å²) in [5.74, 6) is 3.21. The molecule has 0 heteroatoms. The van der Waals surface area contributed by atoms with Crippen molar-refractivity contribution < 1.29 is 0 Å². The van der Waals surface area contributed by atoms with Crippen LogP contribution in [-0.2, 0) is 0 Å². The maximum absolute atomic E-state index is 2.43. The second-order valence-corrected chi connectivity index (χ2v) is 6.68. The van der Waals surface area contributed by atoms with Crippen LogP contribution in [0.3, 0.4) is 0 Å². The quantitative estimate of drug-likeness (QED) is 0.527. The molecule has 2 saturated carbocycles. The summed E-state index contributed by atoms with van der Waals surface area (Å²) in [5.41, 5.74) is 0.558. The summed E-state index contributed by atoms with van der Waals surface area (Å²) >= 11 is 0. The van der Waals surface area contributed by atoms with Gasteiger partial charge in [-0.05, 0) is 42.4 Å². The minimum atomic E-state index is 0.558. The Hall–Kier alpha value is 0. The average Bonchev–Trinajstić information content (AvgIpc) is 2.16. The average molecular weight is 194 g/mol. The van der Waals surface area contributed by atoms with Crippen LogP contribution in [0.1, 0.15) is 65.7 Å². The predicted octanol–water partition coefficient (Wildman–Crippen LogP) is 4.64. The zero-order valence-corrected chi connectivity index (χ0v) is 10.2. The third kappa shape index (κ3) is 2.15. The molecular weight excluding hydrogens is 168 g/mol. The Labute approximate surface area is 89.5 Å². The SMILES string of the molecule is CC(C)(C)C1CCC2CCCCC2C1. The van der Waals surface area contributed by atoms with Gasteiger partial charge in [0.05, 0.1) is 0 Å². The van der Waals surface area contributed by atoms with E-state index in [0.29, 0.717) is 5.41 Å². The zero-order chi connectivity index (χ0) is 10.2. The molecule has 0 saturated heterocycles. The third-order valence-electron chi connectivity index (χ3n) is 4.76. The maximum atomic E-state index is 2.43. The lowest BCUT2D eigenvalue weighted by atomic mass is 9.62. The van der Waals surface area contributed by atoms with Crippen LogP contribution in [-0.4, -0.2) is 0 Å². The Morgan fingerprint density at radius 3 is 2.07 bits per heavy atom. The number of hydrogen-bond donors (Lipinski definition) is 0. The standard InChI is InChI=1S/C14H26/c1-14(2,3)13-9-8-11-6-4-5-7-12(11)10-13/h11-13H,4-10H2,1-3H3. The summed E-state index contributed by atoms with van der Waals surface area (Å²) in [6.07, 6.45) is 10.7. The number of hydrogen-bond acceptors (Lipinski definition) is 0. The van der Waals surface area contributed by atoms with E-state index in [1.165, 1.54) is 38.5 Å². The first kappa shape index (κ1) is 10.5. The Bertz CT molecular complexity index is 187. The summed E-state index contributed by atoms with van der Waals surface area (Å²) < 4.78 is 0. The summed E-state index contributed by atoms with van der Waals surface area (Å²) in [4.78, 5) is 0. The topological polar surface area (TPSA) is 0 Å².